The normalized spacial score (nSPS) is 19.4. The average molecular weight is 182 g/mol. The molecule has 1 atom stereocenters. The summed E-state index contributed by atoms with van der Waals surface area (Å²) in [6, 6.07) is 5.35. The summed E-state index contributed by atoms with van der Waals surface area (Å²) >= 11 is 1.78. The first-order valence-electron chi connectivity index (χ1n) is 4.39. The third-order valence-electron chi connectivity index (χ3n) is 2.14. The van der Waals surface area contributed by atoms with Crippen molar-refractivity contribution in [3.05, 3.63) is 22.4 Å². The molecule has 1 unspecified atom stereocenters. The van der Waals surface area contributed by atoms with Gasteiger partial charge in [-0.05, 0) is 24.3 Å². The van der Waals surface area contributed by atoms with Crippen molar-refractivity contribution in [2.75, 3.05) is 6.54 Å². The number of thiophene rings is 1. The van der Waals surface area contributed by atoms with E-state index < -0.39 is 0 Å². The van der Waals surface area contributed by atoms with Crippen molar-refractivity contribution in [3.8, 4) is 0 Å². The first kappa shape index (κ1) is 8.23. The number of hydrogen-bond acceptors (Lipinski definition) is 3. The molecule has 1 heterocycles. The Balaban J connectivity index is 1.97. The largest absolute Gasteiger partial charge is 0.329 e. The SMILES string of the molecule is NCC(NC1CC1)c1cccs1. The van der Waals surface area contributed by atoms with Crippen LogP contribution in [0.25, 0.3) is 0 Å². The molecule has 0 radical (unpaired) electrons. The smallest absolute Gasteiger partial charge is 0.0541 e. The zero-order valence-corrected chi connectivity index (χ0v) is 7.81. The van der Waals surface area contributed by atoms with Gasteiger partial charge in [-0.2, -0.15) is 0 Å². The third-order valence-corrected chi connectivity index (χ3v) is 3.12. The maximum atomic E-state index is 5.68. The van der Waals surface area contributed by atoms with Gasteiger partial charge in [-0.1, -0.05) is 6.07 Å². The average Bonchev–Trinajstić information content (AvgIpc) is 2.74. The van der Waals surface area contributed by atoms with E-state index in [1.807, 2.05) is 0 Å². The van der Waals surface area contributed by atoms with Gasteiger partial charge in [0.15, 0.2) is 0 Å². The molecule has 12 heavy (non-hydrogen) atoms. The molecule has 3 heteroatoms. The third kappa shape index (κ3) is 1.86. The van der Waals surface area contributed by atoms with Gasteiger partial charge in [0, 0.05) is 17.5 Å². The van der Waals surface area contributed by atoms with Gasteiger partial charge in [-0.3, -0.25) is 0 Å². The predicted octanol–water partition coefficient (Wildman–Crippen LogP) is 1.50. The highest BCUT2D eigenvalue weighted by Crippen LogP contribution is 2.25. The topological polar surface area (TPSA) is 38.0 Å². The van der Waals surface area contributed by atoms with Crippen LogP contribution in [0.2, 0.25) is 0 Å². The van der Waals surface area contributed by atoms with Crippen molar-refractivity contribution in [1.82, 2.24) is 5.32 Å². The van der Waals surface area contributed by atoms with E-state index in [1.165, 1.54) is 17.7 Å². The Morgan fingerprint density at radius 2 is 2.50 bits per heavy atom. The molecule has 0 spiro atoms. The molecule has 3 N–H and O–H groups in total. The molecule has 1 saturated carbocycles. The summed E-state index contributed by atoms with van der Waals surface area (Å²) in [7, 11) is 0. The molecule has 1 aliphatic rings. The first-order valence-corrected chi connectivity index (χ1v) is 5.27. The summed E-state index contributed by atoms with van der Waals surface area (Å²) in [4.78, 5) is 1.37. The van der Waals surface area contributed by atoms with Crippen LogP contribution in [-0.4, -0.2) is 12.6 Å². The van der Waals surface area contributed by atoms with Crippen molar-refractivity contribution in [1.29, 1.82) is 0 Å². The second-order valence-corrected chi connectivity index (χ2v) is 4.22. The zero-order valence-electron chi connectivity index (χ0n) is 6.99. The number of nitrogens with one attached hydrogen (secondary N) is 1. The van der Waals surface area contributed by atoms with E-state index in [2.05, 4.69) is 22.8 Å². The summed E-state index contributed by atoms with van der Waals surface area (Å²) in [5.74, 6) is 0. The zero-order chi connectivity index (χ0) is 8.39. The number of nitrogens with two attached hydrogens (primary N) is 1. The van der Waals surface area contributed by atoms with Crippen LogP contribution in [-0.2, 0) is 0 Å². The molecule has 0 bridgehead atoms. The summed E-state index contributed by atoms with van der Waals surface area (Å²) in [6.45, 7) is 0.705. The van der Waals surface area contributed by atoms with Crippen LogP contribution in [0.1, 0.15) is 23.8 Å². The van der Waals surface area contributed by atoms with Crippen LogP contribution in [0.3, 0.4) is 0 Å². The Labute approximate surface area is 76.8 Å². The van der Waals surface area contributed by atoms with Crippen molar-refractivity contribution < 1.29 is 0 Å². The summed E-state index contributed by atoms with van der Waals surface area (Å²) < 4.78 is 0. The lowest BCUT2D eigenvalue weighted by molar-refractivity contribution is 0.546. The van der Waals surface area contributed by atoms with E-state index in [4.69, 9.17) is 5.73 Å². The van der Waals surface area contributed by atoms with Crippen molar-refractivity contribution in [3.63, 3.8) is 0 Å². The molecular weight excluding hydrogens is 168 g/mol. The minimum absolute atomic E-state index is 0.387. The van der Waals surface area contributed by atoms with Gasteiger partial charge < -0.3 is 11.1 Å². The lowest BCUT2D eigenvalue weighted by atomic mass is 10.2. The van der Waals surface area contributed by atoms with Crippen LogP contribution in [0.4, 0.5) is 0 Å². The molecule has 66 valence electrons. The highest BCUT2D eigenvalue weighted by atomic mass is 32.1. The van der Waals surface area contributed by atoms with Gasteiger partial charge in [0.2, 0.25) is 0 Å². The van der Waals surface area contributed by atoms with Crippen LogP contribution in [0.5, 0.6) is 0 Å². The van der Waals surface area contributed by atoms with E-state index in [9.17, 15) is 0 Å². The van der Waals surface area contributed by atoms with Gasteiger partial charge in [-0.25, -0.2) is 0 Å². The standard InChI is InChI=1S/C9H14N2S/c10-6-8(11-7-3-4-7)9-2-1-5-12-9/h1-2,5,7-8,11H,3-4,6,10H2. The Morgan fingerprint density at radius 3 is 3.00 bits per heavy atom. The lowest BCUT2D eigenvalue weighted by Crippen LogP contribution is -2.29. The van der Waals surface area contributed by atoms with Crippen molar-refractivity contribution >= 4 is 11.3 Å². The first-order chi connectivity index (χ1) is 5.90. The lowest BCUT2D eigenvalue weighted by Gasteiger charge is -2.13. The molecule has 2 rings (SSSR count). The molecule has 1 fully saturated rings. The molecule has 1 aromatic rings. The minimum Gasteiger partial charge on any atom is -0.329 e. The van der Waals surface area contributed by atoms with E-state index in [0.29, 0.717) is 12.6 Å². The summed E-state index contributed by atoms with van der Waals surface area (Å²) in [5.41, 5.74) is 5.68. The predicted molar refractivity (Wildman–Crippen MR) is 52.3 cm³/mol. The van der Waals surface area contributed by atoms with Crippen LogP contribution < -0.4 is 11.1 Å². The fraction of sp³-hybridized carbons (Fsp3) is 0.556. The molecule has 1 aromatic heterocycles. The Hall–Kier alpha value is -0.380. The van der Waals surface area contributed by atoms with E-state index in [0.717, 1.165) is 6.04 Å². The van der Waals surface area contributed by atoms with Crippen LogP contribution in [0.15, 0.2) is 17.5 Å². The summed E-state index contributed by atoms with van der Waals surface area (Å²) in [5, 5.41) is 5.63. The second-order valence-electron chi connectivity index (χ2n) is 3.24. The van der Waals surface area contributed by atoms with Gasteiger partial charge in [0.05, 0.1) is 6.04 Å². The Bertz CT molecular complexity index is 229. The van der Waals surface area contributed by atoms with Crippen LogP contribution >= 0.6 is 11.3 Å². The van der Waals surface area contributed by atoms with Gasteiger partial charge >= 0.3 is 0 Å². The number of hydrogen-bond donors (Lipinski definition) is 2. The highest BCUT2D eigenvalue weighted by Gasteiger charge is 2.24. The van der Waals surface area contributed by atoms with Crippen LogP contribution in [0, 0.1) is 0 Å². The van der Waals surface area contributed by atoms with E-state index in [-0.39, 0.29) is 0 Å². The van der Waals surface area contributed by atoms with Gasteiger partial charge in [0.25, 0.3) is 0 Å². The number of rotatable bonds is 4. The fourth-order valence-electron chi connectivity index (χ4n) is 1.29. The Kier molecular flexibility index (Phi) is 2.44. The monoisotopic (exact) mass is 182 g/mol. The molecule has 1 aliphatic carbocycles. The van der Waals surface area contributed by atoms with Gasteiger partial charge in [-0.15, -0.1) is 11.3 Å². The maximum Gasteiger partial charge on any atom is 0.0541 e. The quantitative estimate of drug-likeness (QED) is 0.740. The molecule has 0 saturated heterocycles. The van der Waals surface area contributed by atoms with E-state index in [1.54, 1.807) is 11.3 Å². The maximum absolute atomic E-state index is 5.68. The molecule has 0 aliphatic heterocycles. The molecule has 0 amide bonds. The Morgan fingerprint density at radius 1 is 1.67 bits per heavy atom. The van der Waals surface area contributed by atoms with Crippen molar-refractivity contribution in [2.24, 2.45) is 5.73 Å². The molecule has 0 aromatic carbocycles. The van der Waals surface area contributed by atoms with E-state index >= 15 is 0 Å². The second kappa shape index (κ2) is 3.56. The highest BCUT2D eigenvalue weighted by molar-refractivity contribution is 7.10. The fourth-order valence-corrected chi connectivity index (χ4v) is 2.09. The van der Waals surface area contributed by atoms with Crippen molar-refractivity contribution in [2.45, 2.75) is 24.9 Å². The summed E-state index contributed by atoms with van der Waals surface area (Å²) in [6.07, 6.45) is 2.64. The minimum atomic E-state index is 0.387. The molecule has 2 nitrogen and oxygen atoms in total. The molecular formula is C9H14N2S. The van der Waals surface area contributed by atoms with Gasteiger partial charge in [0.1, 0.15) is 0 Å².